The number of methoxy groups -OCH3 is 1. The summed E-state index contributed by atoms with van der Waals surface area (Å²) in [7, 11) is 1.53. The van der Waals surface area contributed by atoms with Gasteiger partial charge in [0.15, 0.2) is 0 Å². The minimum atomic E-state index is -0.305. The van der Waals surface area contributed by atoms with Gasteiger partial charge in [-0.2, -0.15) is 5.10 Å². The molecule has 6 nitrogen and oxygen atoms in total. The van der Waals surface area contributed by atoms with Gasteiger partial charge in [-0.05, 0) is 39.5 Å². The number of phenolic OH excluding ortho intramolecular Hbond substituents is 1. The van der Waals surface area contributed by atoms with E-state index in [-0.39, 0.29) is 18.2 Å². The van der Waals surface area contributed by atoms with Gasteiger partial charge in [0.2, 0.25) is 0 Å². The standard InChI is InChI=1S/C20H18BrN3O3/c1-27-15-9-14(20(26)17(21)10-15)11-23-24-19(25)12-22-18-8-4-6-13-5-2-3-7-16(13)18/h2-11,22,26H,12H2,1H3,(H,24,25)/b23-11-. The SMILES string of the molecule is COc1cc(Br)c(O)c(/C=N\NC(=O)CNc2cccc3ccccc23)c1. The Morgan fingerprint density at radius 3 is 2.81 bits per heavy atom. The highest BCUT2D eigenvalue weighted by atomic mass is 79.9. The van der Waals surface area contributed by atoms with Crippen molar-refractivity contribution in [2.45, 2.75) is 0 Å². The van der Waals surface area contributed by atoms with Gasteiger partial charge >= 0.3 is 0 Å². The maximum atomic E-state index is 12.0. The third-order valence-corrected chi connectivity index (χ3v) is 4.53. The molecule has 7 heteroatoms. The first-order valence-electron chi connectivity index (χ1n) is 8.18. The highest BCUT2D eigenvalue weighted by Gasteiger charge is 2.07. The van der Waals surface area contributed by atoms with Crippen molar-refractivity contribution in [3.05, 3.63) is 64.6 Å². The molecule has 27 heavy (non-hydrogen) atoms. The number of carbonyl (C=O) groups is 1. The molecule has 0 unspecified atom stereocenters. The fourth-order valence-corrected chi connectivity index (χ4v) is 3.03. The maximum absolute atomic E-state index is 12.0. The molecule has 0 aliphatic heterocycles. The summed E-state index contributed by atoms with van der Waals surface area (Å²) in [5.41, 5.74) is 3.73. The molecule has 0 fully saturated rings. The number of nitrogens with zero attached hydrogens (tertiary/aromatic N) is 1. The van der Waals surface area contributed by atoms with Gasteiger partial charge in [0, 0.05) is 16.6 Å². The Balaban J connectivity index is 1.62. The summed E-state index contributed by atoms with van der Waals surface area (Å²) >= 11 is 3.24. The highest BCUT2D eigenvalue weighted by Crippen LogP contribution is 2.31. The minimum absolute atomic E-state index is 0.0164. The molecule has 3 rings (SSSR count). The van der Waals surface area contributed by atoms with Crippen molar-refractivity contribution >= 4 is 44.5 Å². The van der Waals surface area contributed by atoms with Crippen LogP contribution in [0, 0.1) is 0 Å². The van der Waals surface area contributed by atoms with Gasteiger partial charge < -0.3 is 15.2 Å². The quantitative estimate of drug-likeness (QED) is 0.411. The van der Waals surface area contributed by atoms with Crippen LogP contribution >= 0.6 is 15.9 Å². The molecule has 3 N–H and O–H groups in total. The molecule has 0 bridgehead atoms. The predicted octanol–water partition coefficient (Wildman–Crippen LogP) is 3.88. The van der Waals surface area contributed by atoms with Gasteiger partial charge in [-0.3, -0.25) is 4.79 Å². The average molecular weight is 428 g/mol. The third kappa shape index (κ3) is 4.57. The van der Waals surface area contributed by atoms with Crippen LogP contribution in [0.25, 0.3) is 10.8 Å². The van der Waals surface area contributed by atoms with E-state index in [0.717, 1.165) is 16.5 Å². The van der Waals surface area contributed by atoms with Crippen molar-refractivity contribution in [3.63, 3.8) is 0 Å². The summed E-state index contributed by atoms with van der Waals surface area (Å²) in [5, 5.41) is 19.2. The molecule has 3 aromatic rings. The lowest BCUT2D eigenvalue weighted by Crippen LogP contribution is -2.25. The zero-order chi connectivity index (χ0) is 19.2. The number of ether oxygens (including phenoxy) is 1. The lowest BCUT2D eigenvalue weighted by molar-refractivity contribution is -0.119. The van der Waals surface area contributed by atoms with E-state index in [2.05, 4.69) is 31.8 Å². The lowest BCUT2D eigenvalue weighted by Gasteiger charge is -2.09. The average Bonchev–Trinajstić information content (AvgIpc) is 2.69. The molecule has 0 aliphatic carbocycles. The zero-order valence-corrected chi connectivity index (χ0v) is 16.2. The second-order valence-corrected chi connectivity index (χ2v) is 6.57. The molecule has 138 valence electrons. The van der Waals surface area contributed by atoms with E-state index in [4.69, 9.17) is 4.74 Å². The number of nitrogens with one attached hydrogen (secondary N) is 2. The summed E-state index contributed by atoms with van der Waals surface area (Å²) in [6.45, 7) is 0.0686. The van der Waals surface area contributed by atoms with Crippen LogP contribution in [0.2, 0.25) is 0 Å². The first-order valence-corrected chi connectivity index (χ1v) is 8.98. The molecule has 1 amide bonds. The molecule has 0 radical (unpaired) electrons. The van der Waals surface area contributed by atoms with Crippen LogP contribution in [0.4, 0.5) is 5.69 Å². The third-order valence-electron chi connectivity index (χ3n) is 3.92. The first-order chi connectivity index (χ1) is 13.1. The van der Waals surface area contributed by atoms with E-state index in [1.807, 2.05) is 42.5 Å². The molecule has 0 aliphatic rings. The van der Waals surface area contributed by atoms with Gasteiger partial charge in [0.1, 0.15) is 11.5 Å². The van der Waals surface area contributed by atoms with E-state index < -0.39 is 0 Å². The van der Waals surface area contributed by atoms with Crippen LogP contribution in [-0.2, 0) is 4.79 Å². The molecule has 0 aromatic heterocycles. The molecule has 3 aromatic carbocycles. The van der Waals surface area contributed by atoms with Gasteiger partial charge in [-0.15, -0.1) is 0 Å². The number of hydrazone groups is 1. The van der Waals surface area contributed by atoms with Gasteiger partial charge in [-0.25, -0.2) is 5.43 Å². The van der Waals surface area contributed by atoms with Crippen LogP contribution in [0.15, 0.2) is 64.2 Å². The van der Waals surface area contributed by atoms with Crippen molar-refractivity contribution in [2.24, 2.45) is 5.10 Å². The number of phenols is 1. The van der Waals surface area contributed by atoms with Gasteiger partial charge in [-0.1, -0.05) is 36.4 Å². The Morgan fingerprint density at radius 1 is 1.22 bits per heavy atom. The second kappa shape index (κ2) is 8.55. The number of anilines is 1. The fraction of sp³-hybridized carbons (Fsp3) is 0.100. The minimum Gasteiger partial charge on any atom is -0.506 e. The largest absolute Gasteiger partial charge is 0.506 e. The van der Waals surface area contributed by atoms with Crippen LogP contribution in [0.5, 0.6) is 11.5 Å². The first kappa shape index (κ1) is 18.7. The summed E-state index contributed by atoms with van der Waals surface area (Å²) in [6, 6.07) is 17.1. The van der Waals surface area contributed by atoms with Gasteiger partial charge in [0.05, 0.1) is 24.3 Å². The number of benzene rings is 3. The topological polar surface area (TPSA) is 83.0 Å². The van der Waals surface area contributed by atoms with E-state index in [1.54, 1.807) is 12.1 Å². The number of aromatic hydroxyl groups is 1. The van der Waals surface area contributed by atoms with Crippen molar-refractivity contribution in [2.75, 3.05) is 19.0 Å². The molecular formula is C20H18BrN3O3. The van der Waals surface area contributed by atoms with Crippen LogP contribution < -0.4 is 15.5 Å². The summed E-state index contributed by atoms with van der Waals surface area (Å²) in [4.78, 5) is 12.0. The highest BCUT2D eigenvalue weighted by molar-refractivity contribution is 9.10. The van der Waals surface area contributed by atoms with E-state index >= 15 is 0 Å². The molecule has 0 saturated carbocycles. The number of amides is 1. The fourth-order valence-electron chi connectivity index (χ4n) is 2.58. The Bertz CT molecular complexity index is 1000. The summed E-state index contributed by atoms with van der Waals surface area (Å²) in [6.07, 6.45) is 1.36. The number of hydrogen-bond acceptors (Lipinski definition) is 5. The van der Waals surface area contributed by atoms with Crippen LogP contribution in [0.1, 0.15) is 5.56 Å². The molecule has 0 saturated heterocycles. The number of halogens is 1. The summed E-state index contributed by atoms with van der Waals surface area (Å²) < 4.78 is 5.62. The molecular weight excluding hydrogens is 410 g/mol. The van der Waals surface area contributed by atoms with Crippen molar-refractivity contribution in [1.29, 1.82) is 0 Å². The van der Waals surface area contributed by atoms with Gasteiger partial charge in [0.25, 0.3) is 5.91 Å². The normalized spacial score (nSPS) is 10.9. The van der Waals surface area contributed by atoms with Crippen molar-refractivity contribution in [3.8, 4) is 11.5 Å². The number of hydrogen-bond donors (Lipinski definition) is 3. The van der Waals surface area contributed by atoms with Crippen molar-refractivity contribution in [1.82, 2.24) is 5.43 Å². The smallest absolute Gasteiger partial charge is 0.259 e. The van der Waals surface area contributed by atoms with E-state index in [1.165, 1.54) is 13.3 Å². The second-order valence-electron chi connectivity index (χ2n) is 5.72. The Labute approximate surface area is 165 Å². The Morgan fingerprint density at radius 2 is 2.00 bits per heavy atom. The maximum Gasteiger partial charge on any atom is 0.259 e. The van der Waals surface area contributed by atoms with Crippen LogP contribution in [0.3, 0.4) is 0 Å². The molecule has 0 spiro atoms. The van der Waals surface area contributed by atoms with Crippen LogP contribution in [-0.4, -0.2) is 30.9 Å². The Kier molecular flexibility index (Phi) is 5.93. The number of fused-ring (bicyclic) bond motifs is 1. The molecule has 0 heterocycles. The number of carbonyl (C=O) groups excluding carboxylic acids is 1. The van der Waals surface area contributed by atoms with Crippen molar-refractivity contribution < 1.29 is 14.6 Å². The molecule has 0 atom stereocenters. The summed E-state index contributed by atoms with van der Waals surface area (Å²) in [5.74, 6) is 0.272. The van der Waals surface area contributed by atoms with E-state index in [9.17, 15) is 9.90 Å². The number of rotatable bonds is 6. The van der Waals surface area contributed by atoms with E-state index in [0.29, 0.717) is 15.8 Å². The monoisotopic (exact) mass is 427 g/mol. The zero-order valence-electron chi connectivity index (χ0n) is 14.6. The predicted molar refractivity (Wildman–Crippen MR) is 111 cm³/mol. The Hall–Kier alpha value is -3.06. The lowest BCUT2D eigenvalue weighted by atomic mass is 10.1.